The Morgan fingerprint density at radius 3 is 2.72 bits per heavy atom. The van der Waals surface area contributed by atoms with E-state index >= 15 is 0 Å². The molecule has 0 fully saturated rings. The largest absolute Gasteiger partial charge is 0.493 e. The lowest BCUT2D eigenvalue weighted by molar-refractivity contribution is 0.0691. The number of thiazole rings is 1. The van der Waals surface area contributed by atoms with Crippen LogP contribution in [0, 0.1) is 5.82 Å². The predicted molar refractivity (Wildman–Crippen MR) is 91.8 cm³/mol. The van der Waals surface area contributed by atoms with Crippen molar-refractivity contribution in [2.24, 2.45) is 0 Å². The topological polar surface area (TPSA) is 68.7 Å². The highest BCUT2D eigenvalue weighted by Gasteiger charge is 2.18. The third-order valence-electron chi connectivity index (χ3n) is 3.48. The summed E-state index contributed by atoms with van der Waals surface area (Å²) in [4.78, 5) is 15.1. The normalized spacial score (nSPS) is 10.5. The maximum absolute atomic E-state index is 13.8. The number of hydrogen-bond donors (Lipinski definition) is 1. The van der Waals surface area contributed by atoms with E-state index in [-0.39, 0.29) is 18.1 Å². The number of carboxylic acids is 1. The van der Waals surface area contributed by atoms with E-state index in [9.17, 15) is 9.18 Å². The molecule has 0 aliphatic rings. The van der Waals surface area contributed by atoms with E-state index in [4.69, 9.17) is 14.6 Å². The van der Waals surface area contributed by atoms with Gasteiger partial charge in [0, 0.05) is 10.9 Å². The third kappa shape index (κ3) is 3.61. The fourth-order valence-electron chi connectivity index (χ4n) is 2.25. The summed E-state index contributed by atoms with van der Waals surface area (Å²) in [6.45, 7) is 0.0111. The zero-order chi connectivity index (χ0) is 17.8. The van der Waals surface area contributed by atoms with Gasteiger partial charge in [-0.2, -0.15) is 0 Å². The Morgan fingerprint density at radius 2 is 2.04 bits per heavy atom. The van der Waals surface area contributed by atoms with Gasteiger partial charge < -0.3 is 14.6 Å². The minimum Gasteiger partial charge on any atom is -0.493 e. The molecule has 3 rings (SSSR count). The summed E-state index contributed by atoms with van der Waals surface area (Å²) in [7, 11) is 1.50. The number of aromatic nitrogens is 1. The van der Waals surface area contributed by atoms with Crippen LogP contribution in [0.15, 0.2) is 47.8 Å². The van der Waals surface area contributed by atoms with Crippen LogP contribution >= 0.6 is 11.3 Å². The molecule has 1 heterocycles. The number of carboxylic acid groups (broad SMARTS) is 1. The molecular formula is C18H14FNO4S. The fourth-order valence-corrected chi connectivity index (χ4v) is 3.07. The molecule has 0 spiro atoms. The molecule has 0 saturated heterocycles. The van der Waals surface area contributed by atoms with Gasteiger partial charge in [0.2, 0.25) is 0 Å². The monoisotopic (exact) mass is 359 g/mol. The first-order valence-electron chi connectivity index (χ1n) is 7.32. The van der Waals surface area contributed by atoms with Crippen molar-refractivity contribution >= 4 is 17.3 Å². The lowest BCUT2D eigenvalue weighted by Crippen LogP contribution is -2.01. The summed E-state index contributed by atoms with van der Waals surface area (Å²) in [6.07, 6.45) is 0. The van der Waals surface area contributed by atoms with E-state index in [0.717, 1.165) is 0 Å². The Hall–Kier alpha value is -2.93. The second-order valence-electron chi connectivity index (χ2n) is 5.06. The Morgan fingerprint density at radius 1 is 1.24 bits per heavy atom. The summed E-state index contributed by atoms with van der Waals surface area (Å²) >= 11 is 1.19. The van der Waals surface area contributed by atoms with Gasteiger partial charge in [-0.3, -0.25) is 0 Å². The molecule has 2 aromatic carbocycles. The lowest BCUT2D eigenvalue weighted by Gasteiger charge is -2.14. The number of aromatic carboxylic acids is 1. The first-order valence-corrected chi connectivity index (χ1v) is 8.20. The Bertz CT molecular complexity index is 910. The van der Waals surface area contributed by atoms with Crippen molar-refractivity contribution in [2.75, 3.05) is 7.11 Å². The summed E-state index contributed by atoms with van der Waals surface area (Å²) in [6, 6.07) is 11.6. The van der Waals surface area contributed by atoms with E-state index in [2.05, 4.69) is 4.98 Å². The smallest absolute Gasteiger partial charge is 0.355 e. The highest BCUT2D eigenvalue weighted by molar-refractivity contribution is 7.13. The highest BCUT2D eigenvalue weighted by Crippen LogP contribution is 2.39. The molecule has 1 N–H and O–H groups in total. The van der Waals surface area contributed by atoms with E-state index in [0.29, 0.717) is 27.6 Å². The van der Waals surface area contributed by atoms with Crippen LogP contribution in [0.3, 0.4) is 0 Å². The van der Waals surface area contributed by atoms with Crippen molar-refractivity contribution in [3.05, 3.63) is 64.9 Å². The number of hydrogen-bond acceptors (Lipinski definition) is 5. The minimum absolute atomic E-state index is 0.0111. The molecule has 0 unspecified atom stereocenters. The SMILES string of the molecule is COc1cccc(-c2nc(C(=O)O)cs2)c1OCc1ccccc1F. The van der Waals surface area contributed by atoms with Crippen molar-refractivity contribution < 1.29 is 23.8 Å². The van der Waals surface area contributed by atoms with Gasteiger partial charge in [-0.25, -0.2) is 14.2 Å². The first kappa shape index (κ1) is 16.9. The van der Waals surface area contributed by atoms with Crippen molar-refractivity contribution in [3.8, 4) is 22.1 Å². The van der Waals surface area contributed by atoms with Gasteiger partial charge in [0.15, 0.2) is 17.2 Å². The number of ether oxygens (including phenoxy) is 2. The minimum atomic E-state index is -1.10. The van der Waals surface area contributed by atoms with Crippen LogP contribution in [-0.2, 0) is 6.61 Å². The van der Waals surface area contributed by atoms with Crippen LogP contribution in [0.2, 0.25) is 0 Å². The summed E-state index contributed by atoms with van der Waals surface area (Å²) < 4.78 is 24.9. The molecule has 0 aliphatic carbocycles. The maximum Gasteiger partial charge on any atom is 0.355 e. The lowest BCUT2D eigenvalue weighted by atomic mass is 10.2. The van der Waals surface area contributed by atoms with Crippen molar-refractivity contribution in [1.82, 2.24) is 4.98 Å². The molecule has 0 atom stereocenters. The van der Waals surface area contributed by atoms with Gasteiger partial charge in [-0.15, -0.1) is 11.3 Å². The van der Waals surface area contributed by atoms with Crippen molar-refractivity contribution in [3.63, 3.8) is 0 Å². The van der Waals surface area contributed by atoms with Gasteiger partial charge in [0.05, 0.1) is 12.7 Å². The summed E-state index contributed by atoms with van der Waals surface area (Å²) in [5, 5.41) is 11.0. The molecule has 3 aromatic rings. The van der Waals surface area contributed by atoms with Crippen LogP contribution in [0.4, 0.5) is 4.39 Å². The Labute approximate surface area is 147 Å². The number of benzene rings is 2. The van der Waals surface area contributed by atoms with E-state index < -0.39 is 5.97 Å². The molecule has 25 heavy (non-hydrogen) atoms. The number of rotatable bonds is 6. The molecular weight excluding hydrogens is 345 g/mol. The first-order chi connectivity index (χ1) is 12.1. The molecule has 1 aromatic heterocycles. The molecule has 0 saturated carbocycles. The number of para-hydroxylation sites is 1. The van der Waals surface area contributed by atoms with Gasteiger partial charge in [-0.05, 0) is 18.2 Å². The van der Waals surface area contributed by atoms with E-state index in [1.165, 1.54) is 29.9 Å². The molecule has 7 heteroatoms. The predicted octanol–water partition coefficient (Wildman–Crippen LogP) is 4.24. The molecule has 0 bridgehead atoms. The second kappa shape index (κ2) is 7.31. The van der Waals surface area contributed by atoms with Gasteiger partial charge >= 0.3 is 5.97 Å². The zero-order valence-electron chi connectivity index (χ0n) is 13.2. The van der Waals surface area contributed by atoms with Crippen molar-refractivity contribution in [1.29, 1.82) is 0 Å². The molecule has 0 amide bonds. The number of halogens is 1. The average molecular weight is 359 g/mol. The van der Waals surface area contributed by atoms with Gasteiger partial charge in [0.25, 0.3) is 0 Å². The van der Waals surface area contributed by atoms with Gasteiger partial charge in [0.1, 0.15) is 17.4 Å². The molecule has 0 radical (unpaired) electrons. The average Bonchev–Trinajstić information content (AvgIpc) is 3.11. The van der Waals surface area contributed by atoms with Crippen LogP contribution in [0.25, 0.3) is 10.6 Å². The fraction of sp³-hybridized carbons (Fsp3) is 0.111. The highest BCUT2D eigenvalue weighted by atomic mass is 32.1. The Kier molecular flexibility index (Phi) is 4.95. The summed E-state index contributed by atoms with van der Waals surface area (Å²) in [5.74, 6) is -0.610. The molecule has 5 nitrogen and oxygen atoms in total. The zero-order valence-corrected chi connectivity index (χ0v) is 14.0. The van der Waals surface area contributed by atoms with Gasteiger partial charge in [-0.1, -0.05) is 24.3 Å². The van der Waals surface area contributed by atoms with Crippen molar-refractivity contribution in [2.45, 2.75) is 6.61 Å². The second-order valence-corrected chi connectivity index (χ2v) is 5.92. The Balaban J connectivity index is 1.96. The van der Waals surface area contributed by atoms with E-state index in [1.807, 2.05) is 0 Å². The van der Waals surface area contributed by atoms with E-state index in [1.54, 1.807) is 36.4 Å². The van der Waals surface area contributed by atoms with Crippen LogP contribution in [0.1, 0.15) is 16.1 Å². The number of carbonyl (C=O) groups is 1. The number of nitrogens with zero attached hydrogens (tertiary/aromatic N) is 1. The van der Waals surface area contributed by atoms with Crippen LogP contribution < -0.4 is 9.47 Å². The third-order valence-corrected chi connectivity index (χ3v) is 4.36. The number of methoxy groups -OCH3 is 1. The maximum atomic E-state index is 13.8. The standard InChI is InChI=1S/C18H14FNO4S/c1-23-15-8-4-6-12(17-20-14(10-25-17)18(21)22)16(15)24-9-11-5-2-3-7-13(11)19/h2-8,10H,9H2,1H3,(H,21,22). The van der Waals surface area contributed by atoms with Crippen LogP contribution in [0.5, 0.6) is 11.5 Å². The van der Waals surface area contributed by atoms with Crippen LogP contribution in [-0.4, -0.2) is 23.2 Å². The summed E-state index contributed by atoms with van der Waals surface area (Å²) in [5.41, 5.74) is 0.959. The quantitative estimate of drug-likeness (QED) is 0.713. The molecule has 128 valence electrons. The molecule has 0 aliphatic heterocycles.